The third-order valence-corrected chi connectivity index (χ3v) is 5.70. The minimum absolute atomic E-state index is 0.224. The smallest absolute Gasteiger partial charge is 0.352 e. The number of rotatable bonds is 7. The number of aromatic carboxylic acids is 1. The van der Waals surface area contributed by atoms with Crippen molar-refractivity contribution in [2.75, 3.05) is 6.61 Å². The highest BCUT2D eigenvalue weighted by Crippen LogP contribution is 2.34. The van der Waals surface area contributed by atoms with Crippen LogP contribution < -0.4 is 4.74 Å². The predicted octanol–water partition coefficient (Wildman–Crippen LogP) is 7.16. The summed E-state index contributed by atoms with van der Waals surface area (Å²) in [7, 11) is 0. The van der Waals surface area contributed by atoms with Crippen LogP contribution in [0.15, 0.2) is 60.7 Å². The summed E-state index contributed by atoms with van der Waals surface area (Å²) >= 11 is 12.0. The van der Waals surface area contributed by atoms with Crippen molar-refractivity contribution in [3.8, 4) is 16.9 Å². The molecule has 0 aliphatic carbocycles. The SMILES string of the molecule is Cc1ccccc1-c1cccc2c(CCCOc3cc(Cl)cc(Cl)c3)c(C(=O)O)[nH]c12. The molecule has 0 unspecified atom stereocenters. The zero-order valence-corrected chi connectivity index (χ0v) is 18.4. The number of para-hydroxylation sites is 1. The number of carboxylic acids is 1. The van der Waals surface area contributed by atoms with Crippen LogP contribution in [-0.4, -0.2) is 22.7 Å². The number of aryl methyl sites for hydroxylation is 2. The summed E-state index contributed by atoms with van der Waals surface area (Å²) in [6.07, 6.45) is 1.21. The maximum Gasteiger partial charge on any atom is 0.352 e. The molecule has 4 aromatic rings. The van der Waals surface area contributed by atoms with E-state index in [1.54, 1.807) is 18.2 Å². The van der Waals surface area contributed by atoms with Gasteiger partial charge < -0.3 is 14.8 Å². The lowest BCUT2D eigenvalue weighted by Crippen LogP contribution is -2.04. The fourth-order valence-corrected chi connectivity index (χ4v) is 4.37. The molecule has 4 nitrogen and oxygen atoms in total. The summed E-state index contributed by atoms with van der Waals surface area (Å²) in [5, 5.41) is 11.7. The molecular formula is C25H21Cl2NO3. The van der Waals surface area contributed by atoms with E-state index >= 15 is 0 Å². The molecule has 31 heavy (non-hydrogen) atoms. The van der Waals surface area contributed by atoms with Crippen LogP contribution >= 0.6 is 23.2 Å². The van der Waals surface area contributed by atoms with Crippen LogP contribution in [0.1, 0.15) is 28.0 Å². The monoisotopic (exact) mass is 453 g/mol. The maximum absolute atomic E-state index is 11.9. The van der Waals surface area contributed by atoms with Gasteiger partial charge in [-0.1, -0.05) is 65.7 Å². The number of benzene rings is 3. The van der Waals surface area contributed by atoms with Crippen molar-refractivity contribution in [3.63, 3.8) is 0 Å². The summed E-state index contributed by atoms with van der Waals surface area (Å²) < 4.78 is 5.76. The van der Waals surface area contributed by atoms with Crippen LogP contribution in [0.2, 0.25) is 10.0 Å². The summed E-state index contributed by atoms with van der Waals surface area (Å²) in [6, 6.07) is 19.1. The minimum Gasteiger partial charge on any atom is -0.493 e. The largest absolute Gasteiger partial charge is 0.493 e. The van der Waals surface area contributed by atoms with Gasteiger partial charge in [0.25, 0.3) is 0 Å². The van der Waals surface area contributed by atoms with Crippen molar-refractivity contribution in [2.45, 2.75) is 19.8 Å². The normalized spacial score (nSPS) is 11.1. The second kappa shape index (κ2) is 9.04. The summed E-state index contributed by atoms with van der Waals surface area (Å²) in [6.45, 7) is 2.47. The van der Waals surface area contributed by atoms with Gasteiger partial charge in [-0.15, -0.1) is 0 Å². The molecule has 0 saturated heterocycles. The van der Waals surface area contributed by atoms with Crippen LogP contribution in [0, 0.1) is 6.92 Å². The molecule has 0 saturated carbocycles. The average Bonchev–Trinajstić information content (AvgIpc) is 3.10. The van der Waals surface area contributed by atoms with E-state index in [1.807, 2.05) is 30.3 Å². The van der Waals surface area contributed by atoms with E-state index in [9.17, 15) is 9.90 Å². The van der Waals surface area contributed by atoms with Crippen molar-refractivity contribution in [2.24, 2.45) is 0 Å². The molecule has 0 bridgehead atoms. The lowest BCUT2D eigenvalue weighted by Gasteiger charge is -2.08. The second-order valence-corrected chi connectivity index (χ2v) is 8.26. The Balaban J connectivity index is 1.61. The van der Waals surface area contributed by atoms with Gasteiger partial charge in [0.05, 0.1) is 12.1 Å². The van der Waals surface area contributed by atoms with Gasteiger partial charge in [0.2, 0.25) is 0 Å². The van der Waals surface area contributed by atoms with Gasteiger partial charge in [-0.05, 0) is 54.7 Å². The number of hydrogen-bond acceptors (Lipinski definition) is 2. The number of carbonyl (C=O) groups is 1. The molecule has 2 N–H and O–H groups in total. The van der Waals surface area contributed by atoms with E-state index in [0.29, 0.717) is 35.2 Å². The van der Waals surface area contributed by atoms with Crippen LogP contribution in [-0.2, 0) is 6.42 Å². The maximum atomic E-state index is 11.9. The Bertz CT molecular complexity index is 1240. The van der Waals surface area contributed by atoms with E-state index in [2.05, 4.69) is 24.0 Å². The van der Waals surface area contributed by atoms with Crippen molar-refractivity contribution >= 4 is 40.1 Å². The molecule has 0 aliphatic rings. The zero-order chi connectivity index (χ0) is 22.0. The molecule has 0 atom stereocenters. The molecule has 4 rings (SSSR count). The second-order valence-electron chi connectivity index (χ2n) is 7.38. The lowest BCUT2D eigenvalue weighted by molar-refractivity contribution is 0.0690. The average molecular weight is 454 g/mol. The first-order valence-corrected chi connectivity index (χ1v) is 10.7. The Labute approximate surface area is 190 Å². The van der Waals surface area contributed by atoms with E-state index in [0.717, 1.165) is 33.2 Å². The summed E-state index contributed by atoms with van der Waals surface area (Å²) in [4.78, 5) is 15.1. The first-order chi connectivity index (χ1) is 14.9. The number of ether oxygens (including phenoxy) is 1. The lowest BCUT2D eigenvalue weighted by atomic mass is 9.97. The van der Waals surface area contributed by atoms with Crippen LogP contribution in [0.25, 0.3) is 22.0 Å². The molecule has 0 amide bonds. The van der Waals surface area contributed by atoms with Gasteiger partial charge in [0.1, 0.15) is 11.4 Å². The van der Waals surface area contributed by atoms with E-state index in [4.69, 9.17) is 27.9 Å². The number of nitrogens with one attached hydrogen (secondary N) is 1. The van der Waals surface area contributed by atoms with E-state index in [1.165, 1.54) is 0 Å². The quantitative estimate of drug-likeness (QED) is 0.291. The predicted molar refractivity (Wildman–Crippen MR) is 126 cm³/mol. The number of aromatic amines is 1. The molecular weight excluding hydrogens is 433 g/mol. The van der Waals surface area contributed by atoms with Crippen LogP contribution in [0.4, 0.5) is 0 Å². The fourth-order valence-electron chi connectivity index (χ4n) is 3.87. The van der Waals surface area contributed by atoms with Crippen LogP contribution in [0.5, 0.6) is 5.75 Å². The highest BCUT2D eigenvalue weighted by molar-refractivity contribution is 6.34. The number of hydrogen-bond donors (Lipinski definition) is 2. The third kappa shape index (κ3) is 4.55. The van der Waals surface area contributed by atoms with E-state index in [-0.39, 0.29) is 5.69 Å². The molecule has 0 fully saturated rings. The van der Waals surface area contributed by atoms with Gasteiger partial charge in [-0.2, -0.15) is 0 Å². The van der Waals surface area contributed by atoms with Crippen molar-refractivity contribution in [1.29, 1.82) is 0 Å². The Morgan fingerprint density at radius 2 is 1.71 bits per heavy atom. The van der Waals surface area contributed by atoms with Gasteiger partial charge in [-0.25, -0.2) is 4.79 Å². The molecule has 3 aromatic carbocycles. The van der Waals surface area contributed by atoms with Crippen molar-refractivity contribution in [1.82, 2.24) is 4.98 Å². The van der Waals surface area contributed by atoms with Gasteiger partial charge >= 0.3 is 5.97 Å². The third-order valence-electron chi connectivity index (χ3n) is 5.27. The minimum atomic E-state index is -0.968. The number of aromatic nitrogens is 1. The molecule has 6 heteroatoms. The Morgan fingerprint density at radius 3 is 2.42 bits per heavy atom. The Hall–Kier alpha value is -2.95. The van der Waals surface area contributed by atoms with Crippen LogP contribution in [0.3, 0.4) is 0 Å². The van der Waals surface area contributed by atoms with Gasteiger partial charge in [0.15, 0.2) is 0 Å². The topological polar surface area (TPSA) is 62.3 Å². The number of halogens is 2. The molecule has 158 valence electrons. The first-order valence-electron chi connectivity index (χ1n) is 9.96. The highest BCUT2D eigenvalue weighted by atomic mass is 35.5. The highest BCUT2D eigenvalue weighted by Gasteiger charge is 2.19. The summed E-state index contributed by atoms with van der Waals surface area (Å²) in [5.41, 5.74) is 5.06. The fraction of sp³-hybridized carbons (Fsp3) is 0.160. The van der Waals surface area contributed by atoms with Gasteiger partial charge in [-0.3, -0.25) is 0 Å². The molecule has 0 spiro atoms. The van der Waals surface area contributed by atoms with Crippen molar-refractivity contribution < 1.29 is 14.6 Å². The van der Waals surface area contributed by atoms with Gasteiger partial charge in [0, 0.05) is 21.0 Å². The van der Waals surface area contributed by atoms with Crippen molar-refractivity contribution in [3.05, 3.63) is 87.5 Å². The number of H-pyrrole nitrogens is 1. The number of fused-ring (bicyclic) bond motifs is 1. The molecule has 0 aliphatic heterocycles. The molecule has 1 heterocycles. The Morgan fingerprint density at radius 1 is 1.00 bits per heavy atom. The molecule has 1 aromatic heterocycles. The summed E-state index contributed by atoms with van der Waals surface area (Å²) in [5.74, 6) is -0.374. The van der Waals surface area contributed by atoms with E-state index < -0.39 is 5.97 Å². The first kappa shape index (κ1) is 21.3. The Kier molecular flexibility index (Phi) is 6.21. The standard InChI is InChI=1S/C25H21Cl2NO3/c1-15-6-2-3-7-19(15)20-8-4-9-21-22(24(25(29)30)28-23(20)21)10-5-11-31-18-13-16(26)12-17(27)14-18/h2-4,6-9,12-14,28H,5,10-11H2,1H3,(H,29,30). The molecule has 0 radical (unpaired) electrons. The number of carboxylic acid groups (broad SMARTS) is 1. The zero-order valence-electron chi connectivity index (χ0n) is 16.9.